The summed E-state index contributed by atoms with van der Waals surface area (Å²) in [7, 11) is 0. The molecule has 21 heavy (non-hydrogen) atoms. The number of alkyl halides is 3. The standard InChI is InChI=1S/C15H17F3N2O/c1-2-19-9-13-7-8-20(11-13)10-12-3-5-14(6-4-12)21-15(16,17)18/h3-8,11,19H,2,9-10H2,1H3. The van der Waals surface area contributed by atoms with E-state index in [2.05, 4.69) is 10.1 Å². The van der Waals surface area contributed by atoms with Crippen LogP contribution in [0.5, 0.6) is 5.75 Å². The maximum absolute atomic E-state index is 12.1. The second kappa shape index (κ2) is 6.67. The Hall–Kier alpha value is -1.95. The van der Waals surface area contributed by atoms with Crippen LogP contribution in [-0.2, 0) is 13.1 Å². The van der Waals surface area contributed by atoms with Crippen LogP contribution in [-0.4, -0.2) is 17.5 Å². The number of nitrogens with zero attached hydrogens (tertiary/aromatic N) is 1. The third-order valence-corrected chi connectivity index (χ3v) is 2.91. The zero-order chi connectivity index (χ0) is 15.3. The van der Waals surface area contributed by atoms with Gasteiger partial charge in [0.05, 0.1) is 0 Å². The number of halogens is 3. The van der Waals surface area contributed by atoms with Gasteiger partial charge in [0.15, 0.2) is 0 Å². The van der Waals surface area contributed by atoms with Gasteiger partial charge in [0.2, 0.25) is 0 Å². The second-order valence-corrected chi connectivity index (χ2v) is 4.66. The average molecular weight is 298 g/mol. The van der Waals surface area contributed by atoms with Crippen molar-refractivity contribution in [2.75, 3.05) is 6.54 Å². The minimum Gasteiger partial charge on any atom is -0.406 e. The first-order valence-electron chi connectivity index (χ1n) is 6.66. The normalized spacial score (nSPS) is 11.6. The summed E-state index contributed by atoms with van der Waals surface area (Å²) in [6.07, 6.45) is -0.682. The summed E-state index contributed by atoms with van der Waals surface area (Å²) < 4.78 is 42.0. The summed E-state index contributed by atoms with van der Waals surface area (Å²) in [5.41, 5.74) is 2.09. The number of nitrogens with one attached hydrogen (secondary N) is 1. The first kappa shape index (κ1) is 15.4. The molecule has 0 amide bonds. The molecular weight excluding hydrogens is 281 g/mol. The molecule has 0 radical (unpaired) electrons. The van der Waals surface area contributed by atoms with Gasteiger partial charge in [-0.2, -0.15) is 0 Å². The third kappa shape index (κ3) is 5.15. The Morgan fingerprint density at radius 2 is 1.81 bits per heavy atom. The summed E-state index contributed by atoms with van der Waals surface area (Å²) in [6.45, 7) is 4.37. The van der Waals surface area contributed by atoms with Crippen LogP contribution in [0.15, 0.2) is 42.7 Å². The smallest absolute Gasteiger partial charge is 0.406 e. The highest BCUT2D eigenvalue weighted by molar-refractivity contribution is 5.28. The van der Waals surface area contributed by atoms with E-state index in [1.807, 2.05) is 30.0 Å². The van der Waals surface area contributed by atoms with Crippen molar-refractivity contribution >= 4 is 0 Å². The van der Waals surface area contributed by atoms with Crippen molar-refractivity contribution in [3.8, 4) is 5.75 Å². The predicted octanol–water partition coefficient (Wildman–Crippen LogP) is 3.54. The van der Waals surface area contributed by atoms with Crippen LogP contribution in [0.4, 0.5) is 13.2 Å². The highest BCUT2D eigenvalue weighted by Gasteiger charge is 2.30. The van der Waals surface area contributed by atoms with Crippen molar-refractivity contribution in [1.82, 2.24) is 9.88 Å². The average Bonchev–Trinajstić information content (AvgIpc) is 2.85. The molecule has 0 fully saturated rings. The van der Waals surface area contributed by atoms with Gasteiger partial charge < -0.3 is 14.6 Å². The highest BCUT2D eigenvalue weighted by Crippen LogP contribution is 2.23. The Balaban J connectivity index is 1.95. The van der Waals surface area contributed by atoms with Crippen LogP contribution < -0.4 is 10.1 Å². The molecule has 0 atom stereocenters. The Morgan fingerprint density at radius 1 is 1.10 bits per heavy atom. The fourth-order valence-electron chi connectivity index (χ4n) is 1.97. The van der Waals surface area contributed by atoms with E-state index in [0.717, 1.165) is 18.7 Å². The SMILES string of the molecule is CCNCc1ccn(Cc2ccc(OC(F)(F)F)cc2)c1. The lowest BCUT2D eigenvalue weighted by molar-refractivity contribution is -0.274. The van der Waals surface area contributed by atoms with Crippen molar-refractivity contribution < 1.29 is 17.9 Å². The molecule has 1 N–H and O–H groups in total. The summed E-state index contributed by atoms with van der Waals surface area (Å²) in [6, 6.07) is 7.93. The van der Waals surface area contributed by atoms with E-state index in [1.165, 1.54) is 17.7 Å². The molecule has 3 nitrogen and oxygen atoms in total. The number of aromatic nitrogens is 1. The fraction of sp³-hybridized carbons (Fsp3) is 0.333. The molecule has 0 unspecified atom stereocenters. The van der Waals surface area contributed by atoms with Crippen molar-refractivity contribution in [3.63, 3.8) is 0 Å². The molecule has 114 valence electrons. The van der Waals surface area contributed by atoms with Crippen molar-refractivity contribution in [1.29, 1.82) is 0 Å². The third-order valence-electron chi connectivity index (χ3n) is 2.91. The molecule has 0 aliphatic heterocycles. The summed E-state index contributed by atoms with van der Waals surface area (Å²) in [5, 5.41) is 3.23. The highest BCUT2D eigenvalue weighted by atomic mass is 19.4. The number of rotatable bonds is 6. The lowest BCUT2D eigenvalue weighted by atomic mass is 10.2. The van der Waals surface area contributed by atoms with Gasteiger partial charge in [0.25, 0.3) is 0 Å². The topological polar surface area (TPSA) is 26.2 Å². The van der Waals surface area contributed by atoms with Crippen LogP contribution in [0, 0.1) is 0 Å². The van der Waals surface area contributed by atoms with E-state index in [1.54, 1.807) is 12.1 Å². The van der Waals surface area contributed by atoms with Gasteiger partial charge in [-0.3, -0.25) is 0 Å². The Bertz CT molecular complexity index is 561. The minimum absolute atomic E-state index is 0.202. The van der Waals surface area contributed by atoms with Gasteiger partial charge >= 0.3 is 6.36 Å². The van der Waals surface area contributed by atoms with E-state index in [4.69, 9.17) is 0 Å². The summed E-state index contributed by atoms with van der Waals surface area (Å²) >= 11 is 0. The maximum atomic E-state index is 12.1. The first-order chi connectivity index (χ1) is 9.96. The van der Waals surface area contributed by atoms with Crippen molar-refractivity contribution in [2.45, 2.75) is 26.4 Å². The van der Waals surface area contributed by atoms with Gasteiger partial charge in [0, 0.05) is 25.5 Å². The summed E-state index contributed by atoms with van der Waals surface area (Å²) in [5.74, 6) is -0.202. The number of hydrogen-bond acceptors (Lipinski definition) is 2. The molecule has 0 aliphatic carbocycles. The van der Waals surface area contributed by atoms with Crippen LogP contribution in [0.25, 0.3) is 0 Å². The van der Waals surface area contributed by atoms with Crippen molar-refractivity contribution in [2.24, 2.45) is 0 Å². The number of benzene rings is 1. The van der Waals surface area contributed by atoms with Crippen molar-refractivity contribution in [3.05, 3.63) is 53.9 Å². The molecule has 1 aromatic carbocycles. The van der Waals surface area contributed by atoms with E-state index in [9.17, 15) is 13.2 Å². The first-order valence-corrected chi connectivity index (χ1v) is 6.66. The molecule has 1 aromatic heterocycles. The molecule has 6 heteroatoms. The predicted molar refractivity (Wildman–Crippen MR) is 74.0 cm³/mol. The van der Waals surface area contributed by atoms with Crippen LogP contribution in [0.2, 0.25) is 0 Å². The largest absolute Gasteiger partial charge is 0.573 e. The Morgan fingerprint density at radius 3 is 2.43 bits per heavy atom. The quantitative estimate of drug-likeness (QED) is 0.882. The van der Waals surface area contributed by atoms with Crippen LogP contribution in [0.3, 0.4) is 0 Å². The maximum Gasteiger partial charge on any atom is 0.573 e. The molecule has 1 heterocycles. The molecular formula is C15H17F3N2O. The monoisotopic (exact) mass is 298 g/mol. The molecule has 0 aliphatic rings. The number of ether oxygens (including phenoxy) is 1. The second-order valence-electron chi connectivity index (χ2n) is 4.66. The minimum atomic E-state index is -4.65. The summed E-state index contributed by atoms with van der Waals surface area (Å²) in [4.78, 5) is 0. The fourth-order valence-corrected chi connectivity index (χ4v) is 1.97. The zero-order valence-electron chi connectivity index (χ0n) is 11.7. The van der Waals surface area contributed by atoms with Gasteiger partial charge in [-0.05, 0) is 35.9 Å². The van der Waals surface area contributed by atoms with Crippen LogP contribution in [0.1, 0.15) is 18.1 Å². The Kier molecular flexibility index (Phi) is 4.90. The number of hydrogen-bond donors (Lipinski definition) is 1. The van der Waals surface area contributed by atoms with Gasteiger partial charge in [-0.15, -0.1) is 13.2 Å². The van der Waals surface area contributed by atoms with Crippen LogP contribution >= 0.6 is 0 Å². The van der Waals surface area contributed by atoms with Gasteiger partial charge in [-0.1, -0.05) is 19.1 Å². The van der Waals surface area contributed by atoms with E-state index in [0.29, 0.717) is 6.54 Å². The Labute approximate surface area is 121 Å². The molecule has 0 bridgehead atoms. The molecule has 0 saturated carbocycles. The van der Waals surface area contributed by atoms with E-state index >= 15 is 0 Å². The molecule has 0 spiro atoms. The lowest BCUT2D eigenvalue weighted by Crippen LogP contribution is -2.17. The lowest BCUT2D eigenvalue weighted by Gasteiger charge is -2.09. The molecule has 0 saturated heterocycles. The van der Waals surface area contributed by atoms with E-state index < -0.39 is 6.36 Å². The molecule has 2 rings (SSSR count). The van der Waals surface area contributed by atoms with Gasteiger partial charge in [0.1, 0.15) is 5.75 Å². The van der Waals surface area contributed by atoms with Gasteiger partial charge in [-0.25, -0.2) is 0 Å². The zero-order valence-corrected chi connectivity index (χ0v) is 11.7. The van der Waals surface area contributed by atoms with E-state index in [-0.39, 0.29) is 5.75 Å². The molecule has 2 aromatic rings.